The fourth-order valence-electron chi connectivity index (χ4n) is 1.77. The van der Waals surface area contributed by atoms with Crippen molar-refractivity contribution in [2.75, 3.05) is 0 Å². The highest BCUT2D eigenvalue weighted by molar-refractivity contribution is 9.10. The number of hydrogen-bond acceptors (Lipinski definition) is 5. The summed E-state index contributed by atoms with van der Waals surface area (Å²) in [6, 6.07) is 7.61. The Morgan fingerprint density at radius 3 is 2.62 bits per heavy atom. The number of rotatable bonds is 5. The first kappa shape index (κ1) is 16.1. The molecule has 1 aromatic heterocycles. The molecule has 0 aliphatic rings. The first-order valence-corrected chi connectivity index (χ1v) is 8.53. The number of thiol groups is 1. The molecular formula is C12H9BrFNO4S2. The highest BCUT2D eigenvalue weighted by Crippen LogP contribution is 2.28. The Morgan fingerprint density at radius 1 is 1.33 bits per heavy atom. The zero-order valence-corrected chi connectivity index (χ0v) is 13.7. The van der Waals surface area contributed by atoms with E-state index in [9.17, 15) is 22.9 Å². The van der Waals surface area contributed by atoms with E-state index in [-0.39, 0.29) is 17.1 Å². The van der Waals surface area contributed by atoms with E-state index in [0.717, 1.165) is 11.3 Å². The predicted molar refractivity (Wildman–Crippen MR) is 81.3 cm³/mol. The number of nitrogens with zero attached hydrogens (tertiary/aromatic N) is 1. The monoisotopic (exact) mass is 393 g/mol. The first-order chi connectivity index (χ1) is 9.88. The largest absolute Gasteiger partial charge is 0.341 e. The van der Waals surface area contributed by atoms with Crippen LogP contribution in [0.15, 0.2) is 34.8 Å². The van der Waals surface area contributed by atoms with E-state index in [0.29, 0.717) is 14.9 Å². The third-order valence-electron chi connectivity index (χ3n) is 2.72. The third kappa shape index (κ3) is 3.86. The van der Waals surface area contributed by atoms with Gasteiger partial charge in [0, 0.05) is 20.7 Å². The van der Waals surface area contributed by atoms with Gasteiger partial charge in [0.1, 0.15) is 5.82 Å². The molecule has 0 radical (unpaired) electrons. The Labute approximate surface area is 133 Å². The van der Waals surface area contributed by atoms with Crippen LogP contribution in [0.1, 0.15) is 20.7 Å². The Morgan fingerprint density at radius 2 is 2.05 bits per heavy atom. The minimum absolute atomic E-state index is 0.128. The molecular weight excluding hydrogens is 385 g/mol. The molecule has 0 fully saturated rings. The molecule has 9 heteroatoms. The second-order valence-corrected chi connectivity index (χ2v) is 7.34. The van der Waals surface area contributed by atoms with Crippen molar-refractivity contribution in [2.24, 2.45) is 0 Å². The normalized spacial score (nSPS) is 12.5. The van der Waals surface area contributed by atoms with Gasteiger partial charge in [0.25, 0.3) is 0 Å². The van der Waals surface area contributed by atoms with Crippen LogP contribution in [-0.4, -0.2) is 13.3 Å². The Hall–Kier alpha value is -1.32. The van der Waals surface area contributed by atoms with Gasteiger partial charge in [-0.15, -0.1) is 11.3 Å². The van der Waals surface area contributed by atoms with Crippen molar-refractivity contribution in [1.29, 1.82) is 0 Å². The molecule has 0 spiro atoms. The summed E-state index contributed by atoms with van der Waals surface area (Å²) < 4.78 is 36.2. The number of halogens is 2. The Kier molecular flexibility index (Phi) is 5.07. The molecule has 0 amide bonds. The first-order valence-electron chi connectivity index (χ1n) is 5.68. The van der Waals surface area contributed by atoms with E-state index in [4.69, 9.17) is 0 Å². The van der Waals surface area contributed by atoms with Crippen LogP contribution in [0, 0.1) is 15.9 Å². The van der Waals surface area contributed by atoms with Crippen molar-refractivity contribution in [1.82, 2.24) is 0 Å². The zero-order valence-electron chi connectivity index (χ0n) is 10.4. The van der Waals surface area contributed by atoms with Gasteiger partial charge in [-0.25, -0.2) is 12.8 Å². The molecule has 1 atom stereocenters. The SMILES string of the molecule is O=[N+]([O-])C(c1ccc(Cc2ccc(Br)cc2F)s1)[SH](=O)=O. The highest BCUT2D eigenvalue weighted by atomic mass is 79.9. The number of benzene rings is 1. The van der Waals surface area contributed by atoms with Gasteiger partial charge in [0.05, 0.1) is 4.88 Å². The van der Waals surface area contributed by atoms with Gasteiger partial charge < -0.3 is 0 Å². The van der Waals surface area contributed by atoms with Gasteiger partial charge in [0.15, 0.2) is 0 Å². The molecule has 0 bridgehead atoms. The summed E-state index contributed by atoms with van der Waals surface area (Å²) in [4.78, 5) is 10.7. The standard InChI is InChI=1S/C12H9BrFNO4S2/c13-8-2-1-7(10(14)6-8)5-9-3-4-11(20-9)12(15(16)17)21(18)19/h1-4,6,12,21H,5H2. The molecule has 2 rings (SSSR count). The van der Waals surface area contributed by atoms with Crippen LogP contribution in [0.25, 0.3) is 0 Å². The highest BCUT2D eigenvalue weighted by Gasteiger charge is 2.28. The number of nitro groups is 1. The molecule has 5 nitrogen and oxygen atoms in total. The lowest BCUT2D eigenvalue weighted by Crippen LogP contribution is -2.10. The van der Waals surface area contributed by atoms with Crippen LogP contribution in [0.5, 0.6) is 0 Å². The lowest BCUT2D eigenvalue weighted by atomic mass is 10.1. The third-order valence-corrected chi connectivity index (χ3v) is 5.39. The quantitative estimate of drug-likeness (QED) is 0.480. The van der Waals surface area contributed by atoms with Gasteiger partial charge in [-0.3, -0.25) is 10.1 Å². The Bertz CT molecular complexity index is 751. The van der Waals surface area contributed by atoms with Gasteiger partial charge in [0.2, 0.25) is 10.7 Å². The van der Waals surface area contributed by atoms with E-state index >= 15 is 0 Å². The summed E-state index contributed by atoms with van der Waals surface area (Å²) >= 11 is 4.16. The average molecular weight is 394 g/mol. The summed E-state index contributed by atoms with van der Waals surface area (Å²) in [5, 5.41) is 9.02. The summed E-state index contributed by atoms with van der Waals surface area (Å²) in [5.41, 5.74) is 0.441. The van der Waals surface area contributed by atoms with Gasteiger partial charge in [-0.1, -0.05) is 22.0 Å². The maximum absolute atomic E-state index is 13.7. The van der Waals surface area contributed by atoms with Gasteiger partial charge in [-0.2, -0.15) is 0 Å². The van der Waals surface area contributed by atoms with Crippen molar-refractivity contribution in [2.45, 2.75) is 11.8 Å². The van der Waals surface area contributed by atoms with Crippen LogP contribution in [0.4, 0.5) is 4.39 Å². The molecule has 1 heterocycles. The van der Waals surface area contributed by atoms with Crippen molar-refractivity contribution in [3.63, 3.8) is 0 Å². The smallest absolute Gasteiger partial charge is 0.263 e. The van der Waals surface area contributed by atoms with Crippen LogP contribution in [0.2, 0.25) is 0 Å². The molecule has 21 heavy (non-hydrogen) atoms. The van der Waals surface area contributed by atoms with Crippen molar-refractivity contribution in [3.05, 3.63) is 66.1 Å². The maximum atomic E-state index is 13.7. The molecule has 2 aromatic rings. The average Bonchev–Trinajstić information content (AvgIpc) is 2.80. The second kappa shape index (κ2) is 6.63. The van der Waals surface area contributed by atoms with Crippen LogP contribution in [-0.2, 0) is 17.1 Å². The fourth-order valence-corrected chi connectivity index (χ4v) is 3.96. The van der Waals surface area contributed by atoms with E-state index in [1.54, 1.807) is 18.2 Å². The predicted octanol–water partition coefficient (Wildman–Crippen LogP) is 3.13. The summed E-state index contributed by atoms with van der Waals surface area (Å²) in [7, 11) is -3.21. The van der Waals surface area contributed by atoms with E-state index in [1.807, 2.05) is 0 Å². The minimum atomic E-state index is -3.21. The van der Waals surface area contributed by atoms with Crippen molar-refractivity contribution >= 4 is 38.0 Å². The molecule has 0 aliphatic carbocycles. The van der Waals surface area contributed by atoms with E-state index < -0.39 is 21.0 Å². The number of hydrogen-bond donors (Lipinski definition) is 1. The molecule has 1 unspecified atom stereocenters. The summed E-state index contributed by atoms with van der Waals surface area (Å²) in [5.74, 6) is -0.389. The zero-order chi connectivity index (χ0) is 15.6. The molecule has 0 aliphatic heterocycles. The molecule has 0 N–H and O–H groups in total. The molecule has 0 saturated heterocycles. The second-order valence-electron chi connectivity index (χ2n) is 4.16. The molecule has 0 saturated carbocycles. The minimum Gasteiger partial charge on any atom is -0.263 e. The fraction of sp³-hybridized carbons (Fsp3) is 0.167. The molecule has 1 aromatic carbocycles. The van der Waals surface area contributed by atoms with Crippen molar-refractivity contribution < 1.29 is 17.7 Å². The van der Waals surface area contributed by atoms with E-state index in [2.05, 4.69) is 15.9 Å². The molecule has 112 valence electrons. The summed E-state index contributed by atoms with van der Waals surface area (Å²) in [6.07, 6.45) is 0.254. The summed E-state index contributed by atoms with van der Waals surface area (Å²) in [6.45, 7) is 0. The number of thiophene rings is 1. The lowest BCUT2D eigenvalue weighted by Gasteiger charge is -2.02. The van der Waals surface area contributed by atoms with Crippen LogP contribution < -0.4 is 0 Å². The van der Waals surface area contributed by atoms with Crippen molar-refractivity contribution in [3.8, 4) is 0 Å². The van der Waals surface area contributed by atoms with Crippen LogP contribution in [0.3, 0.4) is 0 Å². The lowest BCUT2D eigenvalue weighted by molar-refractivity contribution is -0.501. The van der Waals surface area contributed by atoms with Gasteiger partial charge in [-0.05, 0) is 29.8 Å². The van der Waals surface area contributed by atoms with Gasteiger partial charge >= 0.3 is 5.37 Å². The topological polar surface area (TPSA) is 77.3 Å². The van der Waals surface area contributed by atoms with Crippen LogP contribution >= 0.6 is 27.3 Å². The van der Waals surface area contributed by atoms with E-state index in [1.165, 1.54) is 12.1 Å². The maximum Gasteiger partial charge on any atom is 0.341 e. The Balaban J connectivity index is 2.26.